The van der Waals surface area contributed by atoms with Gasteiger partial charge in [0.25, 0.3) is 0 Å². The average Bonchev–Trinajstić information content (AvgIpc) is 2.40. The monoisotopic (exact) mass is 172 g/mol. The van der Waals surface area contributed by atoms with Crippen molar-refractivity contribution in [2.45, 2.75) is 6.92 Å². The minimum atomic E-state index is -0.840. The molecule has 1 aromatic rings. The van der Waals surface area contributed by atoms with Crippen LogP contribution in [-0.4, -0.2) is 17.9 Å². The number of hydrogen-bond acceptors (Lipinski definition) is 3. The lowest BCUT2D eigenvalue weighted by Crippen LogP contribution is -1.89. The molecule has 0 fully saturated rings. The standard InChI is InChI=1S/C6H6O2S.CH2O/c1-4-2-3-5(9-4)6(7)8;1-2/h2-3H,1H3,(H,7,8);1H2. The topological polar surface area (TPSA) is 54.4 Å². The second-order valence-electron chi connectivity index (χ2n) is 1.72. The van der Waals surface area contributed by atoms with E-state index in [1.807, 2.05) is 13.7 Å². The molecule has 1 aromatic heterocycles. The number of rotatable bonds is 1. The summed E-state index contributed by atoms with van der Waals surface area (Å²) in [6.07, 6.45) is 0. The molecule has 1 rings (SSSR count). The van der Waals surface area contributed by atoms with Crippen molar-refractivity contribution in [1.82, 2.24) is 0 Å². The van der Waals surface area contributed by atoms with Gasteiger partial charge < -0.3 is 9.90 Å². The van der Waals surface area contributed by atoms with Gasteiger partial charge in [-0.15, -0.1) is 11.3 Å². The molecule has 3 nitrogen and oxygen atoms in total. The molecule has 0 amide bonds. The zero-order chi connectivity index (χ0) is 8.85. The molecule has 0 bridgehead atoms. The van der Waals surface area contributed by atoms with Crippen LogP contribution in [0.1, 0.15) is 14.5 Å². The van der Waals surface area contributed by atoms with E-state index in [4.69, 9.17) is 9.90 Å². The van der Waals surface area contributed by atoms with E-state index in [0.29, 0.717) is 4.88 Å². The van der Waals surface area contributed by atoms with Gasteiger partial charge in [-0.25, -0.2) is 4.79 Å². The number of aromatic carboxylic acids is 1. The molecule has 0 aromatic carbocycles. The van der Waals surface area contributed by atoms with Crippen molar-refractivity contribution < 1.29 is 14.7 Å². The third-order valence-corrected chi connectivity index (χ3v) is 1.94. The summed E-state index contributed by atoms with van der Waals surface area (Å²) in [7, 11) is 0. The summed E-state index contributed by atoms with van der Waals surface area (Å²) in [6.45, 7) is 3.89. The Morgan fingerprint density at radius 3 is 2.27 bits per heavy atom. The number of thiophene rings is 1. The molecule has 0 aliphatic heterocycles. The molecule has 4 heteroatoms. The molecule has 1 heterocycles. The van der Waals surface area contributed by atoms with E-state index >= 15 is 0 Å². The lowest BCUT2D eigenvalue weighted by atomic mass is 10.4. The van der Waals surface area contributed by atoms with Gasteiger partial charge in [-0.3, -0.25) is 0 Å². The van der Waals surface area contributed by atoms with Gasteiger partial charge in [-0.05, 0) is 19.1 Å². The molecule has 60 valence electrons. The third kappa shape index (κ3) is 2.95. The fraction of sp³-hybridized carbons (Fsp3) is 0.143. The Hall–Kier alpha value is -1.16. The van der Waals surface area contributed by atoms with Crippen molar-refractivity contribution in [1.29, 1.82) is 0 Å². The Kier molecular flexibility index (Phi) is 4.14. The molecule has 0 unspecified atom stereocenters. The highest BCUT2D eigenvalue weighted by atomic mass is 32.1. The SMILES string of the molecule is C=O.Cc1ccc(C(=O)O)s1. The molecule has 0 radical (unpaired) electrons. The Morgan fingerprint density at radius 1 is 1.55 bits per heavy atom. The van der Waals surface area contributed by atoms with E-state index in [1.165, 1.54) is 11.3 Å². The summed E-state index contributed by atoms with van der Waals surface area (Å²) in [4.78, 5) is 19.7. The molecular formula is C7H8O3S. The van der Waals surface area contributed by atoms with Crippen LogP contribution in [-0.2, 0) is 4.79 Å². The first-order valence-electron chi connectivity index (χ1n) is 2.79. The van der Waals surface area contributed by atoms with Gasteiger partial charge in [0.1, 0.15) is 11.7 Å². The highest BCUT2D eigenvalue weighted by molar-refractivity contribution is 7.13. The minimum absolute atomic E-state index is 0.410. The summed E-state index contributed by atoms with van der Waals surface area (Å²) < 4.78 is 0. The van der Waals surface area contributed by atoms with Crippen molar-refractivity contribution in [2.24, 2.45) is 0 Å². The maximum atomic E-state index is 10.2. The smallest absolute Gasteiger partial charge is 0.345 e. The van der Waals surface area contributed by atoms with Crippen molar-refractivity contribution >= 4 is 24.1 Å². The summed E-state index contributed by atoms with van der Waals surface area (Å²) >= 11 is 1.30. The van der Waals surface area contributed by atoms with E-state index in [9.17, 15) is 4.79 Å². The number of aryl methyl sites for hydroxylation is 1. The van der Waals surface area contributed by atoms with Gasteiger partial charge in [0.05, 0.1) is 0 Å². The van der Waals surface area contributed by atoms with E-state index < -0.39 is 5.97 Å². The fourth-order valence-electron chi connectivity index (χ4n) is 0.549. The van der Waals surface area contributed by atoms with E-state index in [1.54, 1.807) is 12.1 Å². The predicted octanol–water partition coefficient (Wildman–Crippen LogP) is 1.57. The van der Waals surface area contributed by atoms with Crippen LogP contribution in [0, 0.1) is 6.92 Å². The summed E-state index contributed by atoms with van der Waals surface area (Å²) in [6, 6.07) is 3.41. The number of carbonyl (C=O) groups excluding carboxylic acids is 1. The van der Waals surface area contributed by atoms with Crippen molar-refractivity contribution in [2.75, 3.05) is 0 Å². The lowest BCUT2D eigenvalue weighted by Gasteiger charge is -1.80. The summed E-state index contributed by atoms with van der Waals surface area (Å²) in [5, 5.41) is 8.41. The van der Waals surface area contributed by atoms with Crippen LogP contribution < -0.4 is 0 Å². The first-order valence-corrected chi connectivity index (χ1v) is 3.60. The maximum Gasteiger partial charge on any atom is 0.345 e. The van der Waals surface area contributed by atoms with E-state index in [2.05, 4.69) is 0 Å². The highest BCUT2D eigenvalue weighted by Crippen LogP contribution is 2.13. The molecule has 0 saturated carbocycles. The second kappa shape index (κ2) is 4.62. The van der Waals surface area contributed by atoms with Crippen LogP contribution in [0.15, 0.2) is 12.1 Å². The van der Waals surface area contributed by atoms with Crippen LogP contribution in [0.2, 0.25) is 0 Å². The Labute approximate surface area is 68.3 Å². The second-order valence-corrected chi connectivity index (χ2v) is 3.00. The fourth-order valence-corrected chi connectivity index (χ4v) is 1.26. The van der Waals surface area contributed by atoms with E-state index in [0.717, 1.165) is 4.88 Å². The van der Waals surface area contributed by atoms with Crippen molar-refractivity contribution in [3.63, 3.8) is 0 Å². The summed E-state index contributed by atoms with van der Waals surface area (Å²) in [5.74, 6) is -0.840. The summed E-state index contributed by atoms with van der Waals surface area (Å²) in [5.41, 5.74) is 0. The van der Waals surface area contributed by atoms with Gasteiger partial charge in [0.15, 0.2) is 0 Å². The number of carbonyl (C=O) groups is 2. The largest absolute Gasteiger partial charge is 0.477 e. The Balaban J connectivity index is 0.000000461. The van der Waals surface area contributed by atoms with Crippen LogP contribution >= 0.6 is 11.3 Å². The normalized spacial score (nSPS) is 8.09. The number of hydrogen-bond donors (Lipinski definition) is 1. The van der Waals surface area contributed by atoms with Crippen LogP contribution in [0.5, 0.6) is 0 Å². The molecule has 1 N–H and O–H groups in total. The van der Waals surface area contributed by atoms with Gasteiger partial charge in [-0.2, -0.15) is 0 Å². The quantitative estimate of drug-likeness (QED) is 0.699. The zero-order valence-corrected chi connectivity index (χ0v) is 6.85. The van der Waals surface area contributed by atoms with Gasteiger partial charge >= 0.3 is 5.97 Å². The van der Waals surface area contributed by atoms with Crippen molar-refractivity contribution in [3.8, 4) is 0 Å². The van der Waals surface area contributed by atoms with Crippen LogP contribution in [0.3, 0.4) is 0 Å². The third-order valence-electron chi connectivity index (χ3n) is 0.951. The molecule has 0 aliphatic carbocycles. The molecule has 0 saturated heterocycles. The van der Waals surface area contributed by atoms with Gasteiger partial charge in [-0.1, -0.05) is 0 Å². The molecule has 0 atom stereocenters. The lowest BCUT2D eigenvalue weighted by molar-refractivity contribution is -0.0980. The van der Waals surface area contributed by atoms with Crippen molar-refractivity contribution in [3.05, 3.63) is 21.9 Å². The predicted molar refractivity (Wildman–Crippen MR) is 43.1 cm³/mol. The molecule has 0 aliphatic rings. The maximum absolute atomic E-state index is 10.2. The minimum Gasteiger partial charge on any atom is -0.477 e. The Morgan fingerprint density at radius 2 is 2.09 bits per heavy atom. The average molecular weight is 172 g/mol. The van der Waals surface area contributed by atoms with Gasteiger partial charge in [0, 0.05) is 4.88 Å². The van der Waals surface area contributed by atoms with Gasteiger partial charge in [0.2, 0.25) is 0 Å². The first-order chi connectivity index (χ1) is 5.20. The Bertz CT molecular complexity index is 242. The zero-order valence-electron chi connectivity index (χ0n) is 6.03. The first kappa shape index (κ1) is 9.84. The van der Waals surface area contributed by atoms with Crippen LogP contribution in [0.4, 0.5) is 0 Å². The molecular weight excluding hydrogens is 164 g/mol. The molecule has 0 spiro atoms. The number of carboxylic acids is 1. The number of carboxylic acid groups (broad SMARTS) is 1. The van der Waals surface area contributed by atoms with E-state index in [-0.39, 0.29) is 0 Å². The van der Waals surface area contributed by atoms with Crippen LogP contribution in [0.25, 0.3) is 0 Å². The molecule has 11 heavy (non-hydrogen) atoms. The highest BCUT2D eigenvalue weighted by Gasteiger charge is 2.02.